The van der Waals surface area contributed by atoms with Crippen molar-refractivity contribution in [3.05, 3.63) is 29.8 Å². The molecule has 0 spiro atoms. The maximum atomic E-state index is 11.2. The van der Waals surface area contributed by atoms with Crippen molar-refractivity contribution in [3.8, 4) is 0 Å². The zero-order chi connectivity index (χ0) is 12.3. The number of benzene rings is 1. The SMILES string of the molecule is CN(C)c1ccc(CN(C)S(C)(=O)=O)cc1. The molecular formula is C11H18N2O2S. The van der Waals surface area contributed by atoms with E-state index >= 15 is 0 Å². The Bertz CT molecular complexity index is 438. The van der Waals surface area contributed by atoms with E-state index < -0.39 is 10.0 Å². The second-order valence-corrected chi connectivity index (χ2v) is 6.17. The molecule has 0 unspecified atom stereocenters. The Balaban J connectivity index is 2.77. The third kappa shape index (κ3) is 3.50. The molecule has 1 aromatic rings. The van der Waals surface area contributed by atoms with Gasteiger partial charge in [-0.05, 0) is 17.7 Å². The first kappa shape index (κ1) is 13.0. The van der Waals surface area contributed by atoms with E-state index in [1.807, 2.05) is 43.3 Å². The molecule has 0 N–H and O–H groups in total. The molecule has 0 atom stereocenters. The quantitative estimate of drug-likeness (QED) is 0.795. The lowest BCUT2D eigenvalue weighted by Gasteiger charge is -2.16. The van der Waals surface area contributed by atoms with Crippen LogP contribution in [0.4, 0.5) is 5.69 Å². The van der Waals surface area contributed by atoms with E-state index in [0.717, 1.165) is 11.3 Å². The zero-order valence-electron chi connectivity index (χ0n) is 10.1. The first-order valence-corrected chi connectivity index (χ1v) is 6.83. The van der Waals surface area contributed by atoms with E-state index in [-0.39, 0.29) is 0 Å². The molecule has 16 heavy (non-hydrogen) atoms. The molecule has 4 nitrogen and oxygen atoms in total. The van der Waals surface area contributed by atoms with E-state index in [4.69, 9.17) is 0 Å². The van der Waals surface area contributed by atoms with Gasteiger partial charge in [0.05, 0.1) is 6.26 Å². The molecule has 0 aliphatic rings. The molecule has 0 aliphatic heterocycles. The zero-order valence-corrected chi connectivity index (χ0v) is 11.0. The minimum atomic E-state index is -3.10. The van der Waals surface area contributed by atoms with Crippen molar-refractivity contribution in [2.75, 3.05) is 32.3 Å². The summed E-state index contributed by atoms with van der Waals surface area (Å²) in [5.41, 5.74) is 2.09. The summed E-state index contributed by atoms with van der Waals surface area (Å²) in [4.78, 5) is 2.00. The van der Waals surface area contributed by atoms with Crippen molar-refractivity contribution in [3.63, 3.8) is 0 Å². The number of nitrogens with zero attached hydrogens (tertiary/aromatic N) is 2. The van der Waals surface area contributed by atoms with E-state index in [9.17, 15) is 8.42 Å². The third-order valence-corrected chi connectivity index (χ3v) is 3.69. The molecule has 0 radical (unpaired) electrons. The molecule has 1 aromatic carbocycles. The maximum absolute atomic E-state index is 11.2. The Morgan fingerprint density at radius 3 is 1.94 bits per heavy atom. The monoisotopic (exact) mass is 242 g/mol. The molecule has 0 heterocycles. The summed E-state index contributed by atoms with van der Waals surface area (Å²) in [5.74, 6) is 0. The highest BCUT2D eigenvalue weighted by Gasteiger charge is 2.10. The maximum Gasteiger partial charge on any atom is 0.211 e. The summed E-state index contributed by atoms with van der Waals surface area (Å²) in [6.45, 7) is 0.409. The second kappa shape index (κ2) is 4.84. The molecule has 1 rings (SSSR count). The molecule has 0 saturated heterocycles. The van der Waals surface area contributed by atoms with Crippen LogP contribution in [0.15, 0.2) is 24.3 Å². The Kier molecular flexibility index (Phi) is 3.93. The van der Waals surface area contributed by atoms with Crippen molar-refractivity contribution < 1.29 is 8.42 Å². The van der Waals surface area contributed by atoms with Crippen molar-refractivity contribution >= 4 is 15.7 Å². The number of sulfonamides is 1. The highest BCUT2D eigenvalue weighted by molar-refractivity contribution is 7.88. The van der Waals surface area contributed by atoms with Gasteiger partial charge in [0.25, 0.3) is 0 Å². The van der Waals surface area contributed by atoms with E-state index in [1.54, 1.807) is 7.05 Å². The summed E-state index contributed by atoms with van der Waals surface area (Å²) in [6, 6.07) is 7.84. The van der Waals surface area contributed by atoms with E-state index in [1.165, 1.54) is 10.6 Å². The van der Waals surface area contributed by atoms with Crippen LogP contribution in [-0.4, -0.2) is 40.1 Å². The van der Waals surface area contributed by atoms with Crippen molar-refractivity contribution in [1.29, 1.82) is 0 Å². The lowest BCUT2D eigenvalue weighted by molar-refractivity contribution is 0.472. The number of anilines is 1. The van der Waals surface area contributed by atoms with Gasteiger partial charge in [0.1, 0.15) is 0 Å². The minimum Gasteiger partial charge on any atom is -0.378 e. The fourth-order valence-electron chi connectivity index (χ4n) is 1.27. The molecule has 5 heteroatoms. The molecule has 0 fully saturated rings. The Hall–Kier alpha value is -1.07. The van der Waals surface area contributed by atoms with Crippen LogP contribution < -0.4 is 4.90 Å². The standard InChI is InChI=1S/C11H18N2O2S/c1-12(2)11-7-5-10(6-8-11)9-13(3)16(4,14)15/h5-8H,9H2,1-4H3. The molecule has 0 amide bonds. The minimum absolute atomic E-state index is 0.409. The first-order valence-electron chi connectivity index (χ1n) is 4.98. The molecule has 0 saturated carbocycles. The summed E-state index contributed by atoms with van der Waals surface area (Å²) >= 11 is 0. The Morgan fingerprint density at radius 1 is 1.06 bits per heavy atom. The van der Waals surface area contributed by atoms with Gasteiger partial charge in [0.2, 0.25) is 10.0 Å². The van der Waals surface area contributed by atoms with Crippen LogP contribution in [0.1, 0.15) is 5.56 Å². The molecule has 0 aromatic heterocycles. The average molecular weight is 242 g/mol. The van der Waals surface area contributed by atoms with Crippen LogP contribution >= 0.6 is 0 Å². The summed E-state index contributed by atoms with van der Waals surface area (Å²) in [7, 11) is 2.41. The van der Waals surface area contributed by atoms with Crippen LogP contribution in [-0.2, 0) is 16.6 Å². The average Bonchev–Trinajstić information content (AvgIpc) is 2.17. The van der Waals surface area contributed by atoms with Gasteiger partial charge in [-0.1, -0.05) is 12.1 Å². The van der Waals surface area contributed by atoms with Gasteiger partial charge < -0.3 is 4.90 Å². The van der Waals surface area contributed by atoms with Crippen molar-refractivity contribution in [2.24, 2.45) is 0 Å². The third-order valence-electron chi connectivity index (χ3n) is 2.42. The van der Waals surface area contributed by atoms with Gasteiger partial charge in [0.15, 0.2) is 0 Å². The fraction of sp³-hybridized carbons (Fsp3) is 0.455. The van der Waals surface area contributed by atoms with Crippen LogP contribution in [0, 0.1) is 0 Å². The molecule has 0 bridgehead atoms. The van der Waals surface area contributed by atoms with Crippen molar-refractivity contribution in [2.45, 2.75) is 6.54 Å². The topological polar surface area (TPSA) is 40.6 Å². The molecule has 90 valence electrons. The normalized spacial score (nSPS) is 11.8. The lowest BCUT2D eigenvalue weighted by Crippen LogP contribution is -2.24. The summed E-state index contributed by atoms with van der Waals surface area (Å²) < 4.78 is 23.8. The number of hydrogen-bond donors (Lipinski definition) is 0. The fourth-order valence-corrected chi connectivity index (χ4v) is 1.66. The molecule has 0 aliphatic carbocycles. The van der Waals surface area contributed by atoms with Gasteiger partial charge in [-0.15, -0.1) is 0 Å². The van der Waals surface area contributed by atoms with Gasteiger partial charge in [-0.2, -0.15) is 0 Å². The first-order chi connectivity index (χ1) is 7.30. The highest BCUT2D eigenvalue weighted by Crippen LogP contribution is 2.13. The summed E-state index contributed by atoms with van der Waals surface area (Å²) in [6.07, 6.45) is 1.21. The van der Waals surface area contributed by atoms with Crippen molar-refractivity contribution in [1.82, 2.24) is 4.31 Å². The van der Waals surface area contributed by atoms with Gasteiger partial charge in [-0.25, -0.2) is 12.7 Å². The van der Waals surface area contributed by atoms with E-state index in [2.05, 4.69) is 0 Å². The Morgan fingerprint density at radius 2 is 1.56 bits per heavy atom. The van der Waals surface area contributed by atoms with Gasteiger partial charge in [-0.3, -0.25) is 0 Å². The van der Waals surface area contributed by atoms with Crippen LogP contribution in [0.5, 0.6) is 0 Å². The highest BCUT2D eigenvalue weighted by atomic mass is 32.2. The predicted octanol–water partition coefficient (Wildman–Crippen LogP) is 1.14. The van der Waals surface area contributed by atoms with Crippen LogP contribution in [0.2, 0.25) is 0 Å². The predicted molar refractivity (Wildman–Crippen MR) is 67.1 cm³/mol. The largest absolute Gasteiger partial charge is 0.378 e. The molecular weight excluding hydrogens is 224 g/mol. The van der Waals surface area contributed by atoms with E-state index in [0.29, 0.717) is 6.54 Å². The lowest BCUT2D eigenvalue weighted by atomic mass is 10.2. The Labute approximate surface area is 97.5 Å². The summed E-state index contributed by atoms with van der Waals surface area (Å²) in [5, 5.41) is 0. The van der Waals surface area contributed by atoms with Crippen LogP contribution in [0.25, 0.3) is 0 Å². The van der Waals surface area contributed by atoms with Gasteiger partial charge in [0, 0.05) is 33.4 Å². The van der Waals surface area contributed by atoms with Crippen LogP contribution in [0.3, 0.4) is 0 Å². The smallest absolute Gasteiger partial charge is 0.211 e. The second-order valence-electron chi connectivity index (χ2n) is 4.08. The number of hydrogen-bond acceptors (Lipinski definition) is 3. The number of rotatable bonds is 4. The van der Waals surface area contributed by atoms with Gasteiger partial charge >= 0.3 is 0 Å².